The number of hydrogen-bond acceptors (Lipinski definition) is 7. The van der Waals surface area contributed by atoms with Crippen LogP contribution < -0.4 is 4.74 Å². The molecule has 3 aliphatic rings. The van der Waals surface area contributed by atoms with Crippen molar-refractivity contribution in [1.29, 1.82) is 0 Å². The van der Waals surface area contributed by atoms with E-state index < -0.39 is 23.9 Å². The Hall–Kier alpha value is -2.73. The zero-order valence-corrected chi connectivity index (χ0v) is 30.9. The Labute approximate surface area is 299 Å². The minimum atomic E-state index is -0.839. The van der Waals surface area contributed by atoms with Gasteiger partial charge in [0.2, 0.25) is 11.8 Å². The number of imide groups is 1. The Morgan fingerprint density at radius 1 is 1.08 bits per heavy atom. The summed E-state index contributed by atoms with van der Waals surface area (Å²) in [5.74, 6) is -1.40. The standard InChI is InChI=1S/C39H51IN2O6/c1-5-9-25(18-27-19-32(40)37(45)34(20-27)48-4)12-13-33(44)35-29(24(2)3)21-30-36(31(35)23-43)39(47)42(38(30)46)28-14-16-41(17-15-28)22-26-10-7-6-8-11-26/h6-8,10-11,18-20,24,28,30-31,33,36,43-45H,5,9,12-17,21-23H2,1-4H3/b25-18+/t30-,31+,33-,36-/m1/s1. The zero-order chi connectivity index (χ0) is 34.5. The molecule has 0 bridgehead atoms. The molecule has 1 aliphatic carbocycles. The van der Waals surface area contributed by atoms with Crippen LogP contribution in [0.4, 0.5) is 0 Å². The number of likely N-dealkylation sites (tertiary alicyclic amines) is 2. The molecule has 4 atom stereocenters. The molecule has 9 heteroatoms. The van der Waals surface area contributed by atoms with Gasteiger partial charge in [-0.05, 0) is 95.9 Å². The van der Waals surface area contributed by atoms with Crippen LogP contribution in [0.25, 0.3) is 6.08 Å². The fraction of sp³-hybridized carbons (Fsp3) is 0.538. The van der Waals surface area contributed by atoms with Crippen molar-refractivity contribution in [3.8, 4) is 11.5 Å². The Balaban J connectivity index is 1.32. The van der Waals surface area contributed by atoms with Crippen LogP contribution in [0.3, 0.4) is 0 Å². The Bertz CT molecular complexity index is 1510. The van der Waals surface area contributed by atoms with E-state index in [1.807, 2.05) is 30.3 Å². The van der Waals surface area contributed by atoms with E-state index in [-0.39, 0.29) is 36.1 Å². The molecule has 2 fully saturated rings. The second-order valence-electron chi connectivity index (χ2n) is 14.0. The fourth-order valence-electron chi connectivity index (χ4n) is 8.14. The van der Waals surface area contributed by atoms with Crippen molar-refractivity contribution in [2.75, 3.05) is 26.8 Å². The first-order chi connectivity index (χ1) is 23.1. The van der Waals surface area contributed by atoms with Crippen molar-refractivity contribution in [3.05, 3.63) is 73.9 Å². The summed E-state index contributed by atoms with van der Waals surface area (Å²) >= 11 is 2.09. The predicted molar refractivity (Wildman–Crippen MR) is 196 cm³/mol. The number of aromatic hydroxyl groups is 1. The maximum Gasteiger partial charge on any atom is 0.234 e. The van der Waals surface area contributed by atoms with Crippen LogP contribution in [0, 0.1) is 27.2 Å². The van der Waals surface area contributed by atoms with Gasteiger partial charge in [-0.25, -0.2) is 0 Å². The quantitative estimate of drug-likeness (QED) is 0.120. The minimum absolute atomic E-state index is 0.0695. The number of rotatable bonds is 13. The van der Waals surface area contributed by atoms with Gasteiger partial charge < -0.3 is 20.1 Å². The van der Waals surface area contributed by atoms with Crippen molar-refractivity contribution in [2.45, 2.75) is 84.4 Å². The third-order valence-corrected chi connectivity index (χ3v) is 11.4. The summed E-state index contributed by atoms with van der Waals surface area (Å²) in [5.41, 5.74) is 5.10. The molecular formula is C39H51IN2O6. The number of carbonyl (C=O) groups is 2. The highest BCUT2D eigenvalue weighted by Crippen LogP contribution is 2.49. The SMILES string of the molecule is CCC/C(=C\c1cc(I)c(O)c(OC)c1)CC[C@@H](O)C1=C(C(C)C)C[C@H]2C(=O)N(C3CCN(Cc4ccccc4)CC3)C(=O)[C@H]2[C@H]1CO. The van der Waals surface area contributed by atoms with Gasteiger partial charge in [0.15, 0.2) is 11.5 Å². The molecule has 3 N–H and O–H groups in total. The molecule has 2 heterocycles. The molecule has 0 spiro atoms. The number of amides is 2. The van der Waals surface area contributed by atoms with Crippen molar-refractivity contribution in [2.24, 2.45) is 23.7 Å². The summed E-state index contributed by atoms with van der Waals surface area (Å²) < 4.78 is 6.06. The van der Waals surface area contributed by atoms with Gasteiger partial charge in [0.1, 0.15) is 0 Å². The third-order valence-electron chi connectivity index (χ3n) is 10.5. The Morgan fingerprint density at radius 2 is 1.79 bits per heavy atom. The predicted octanol–water partition coefficient (Wildman–Crippen LogP) is 6.56. The average Bonchev–Trinajstić information content (AvgIpc) is 3.33. The lowest BCUT2D eigenvalue weighted by atomic mass is 9.66. The van der Waals surface area contributed by atoms with Gasteiger partial charge in [-0.15, -0.1) is 0 Å². The first-order valence-electron chi connectivity index (χ1n) is 17.5. The molecule has 0 radical (unpaired) electrons. The van der Waals surface area contributed by atoms with Crippen LogP contribution in [0.1, 0.15) is 76.8 Å². The number of phenolic OH excluding ortho intramolecular Hbond substituents is 1. The average molecular weight is 771 g/mol. The van der Waals surface area contributed by atoms with E-state index in [9.17, 15) is 24.9 Å². The van der Waals surface area contributed by atoms with Crippen molar-refractivity contribution in [3.63, 3.8) is 0 Å². The summed E-state index contributed by atoms with van der Waals surface area (Å²) in [6, 6.07) is 13.9. The molecule has 2 amide bonds. The fourth-order valence-corrected chi connectivity index (χ4v) is 8.77. The lowest BCUT2D eigenvalue weighted by Gasteiger charge is -2.38. The number of hydrogen-bond donors (Lipinski definition) is 3. The highest BCUT2D eigenvalue weighted by molar-refractivity contribution is 14.1. The number of allylic oxidation sites excluding steroid dienone is 2. The van der Waals surface area contributed by atoms with Crippen LogP contribution in [0.15, 0.2) is 59.2 Å². The number of carbonyl (C=O) groups excluding carboxylic acids is 2. The number of benzene rings is 2. The Morgan fingerprint density at radius 3 is 2.42 bits per heavy atom. The summed E-state index contributed by atoms with van der Waals surface area (Å²) in [6.45, 7) is 8.47. The molecule has 0 saturated carbocycles. The van der Waals surface area contributed by atoms with Gasteiger partial charge in [0.25, 0.3) is 0 Å². The normalized spacial score (nSPS) is 23.3. The van der Waals surface area contributed by atoms with Gasteiger partial charge in [-0.2, -0.15) is 0 Å². The van der Waals surface area contributed by atoms with Crippen LogP contribution >= 0.6 is 22.6 Å². The second kappa shape index (κ2) is 16.3. The molecule has 2 aromatic rings. The first-order valence-corrected chi connectivity index (χ1v) is 18.6. The van der Waals surface area contributed by atoms with E-state index in [2.05, 4.69) is 66.5 Å². The van der Waals surface area contributed by atoms with E-state index in [4.69, 9.17) is 4.74 Å². The summed E-state index contributed by atoms with van der Waals surface area (Å²) in [7, 11) is 1.53. The number of phenols is 1. The van der Waals surface area contributed by atoms with E-state index in [0.717, 1.165) is 67.6 Å². The number of aliphatic hydroxyl groups excluding tert-OH is 2. The van der Waals surface area contributed by atoms with Crippen LogP contribution in [0.2, 0.25) is 0 Å². The minimum Gasteiger partial charge on any atom is -0.504 e. The van der Waals surface area contributed by atoms with Crippen molar-refractivity contribution < 1.29 is 29.6 Å². The smallest absolute Gasteiger partial charge is 0.234 e. The Kier molecular flexibility index (Phi) is 12.4. The molecule has 0 aromatic heterocycles. The highest BCUT2D eigenvalue weighted by atomic mass is 127. The molecular weight excluding hydrogens is 719 g/mol. The van der Waals surface area contributed by atoms with Gasteiger partial charge in [0.05, 0.1) is 35.2 Å². The van der Waals surface area contributed by atoms with E-state index in [0.29, 0.717) is 28.6 Å². The van der Waals surface area contributed by atoms with Crippen molar-refractivity contribution >= 4 is 40.5 Å². The monoisotopic (exact) mass is 770 g/mol. The molecule has 2 aromatic carbocycles. The van der Waals surface area contributed by atoms with E-state index in [1.165, 1.54) is 12.7 Å². The highest BCUT2D eigenvalue weighted by Gasteiger charge is 2.56. The number of methoxy groups -OCH3 is 1. The van der Waals surface area contributed by atoms with E-state index in [1.54, 1.807) is 4.90 Å². The molecule has 5 rings (SSSR count). The van der Waals surface area contributed by atoms with Gasteiger partial charge in [-0.3, -0.25) is 19.4 Å². The van der Waals surface area contributed by atoms with Crippen LogP contribution in [0.5, 0.6) is 11.5 Å². The number of piperidine rings is 1. The van der Waals surface area contributed by atoms with E-state index >= 15 is 0 Å². The lowest BCUT2D eigenvalue weighted by Crippen LogP contribution is -2.47. The number of ether oxygens (including phenoxy) is 1. The molecule has 2 aliphatic heterocycles. The lowest BCUT2D eigenvalue weighted by molar-refractivity contribution is -0.144. The molecule has 260 valence electrons. The van der Waals surface area contributed by atoms with Crippen LogP contribution in [-0.2, 0) is 16.1 Å². The number of fused-ring (bicyclic) bond motifs is 1. The summed E-state index contributed by atoms with van der Waals surface area (Å²) in [5, 5.41) is 32.9. The topological polar surface area (TPSA) is 111 Å². The molecule has 2 saturated heterocycles. The summed E-state index contributed by atoms with van der Waals surface area (Å²) in [4.78, 5) is 32.0. The zero-order valence-electron chi connectivity index (χ0n) is 28.7. The maximum atomic E-state index is 14.1. The van der Waals surface area contributed by atoms with Crippen LogP contribution in [-0.4, -0.2) is 75.9 Å². The summed E-state index contributed by atoms with van der Waals surface area (Å²) in [6.07, 6.45) is 6.06. The maximum absolute atomic E-state index is 14.1. The first kappa shape index (κ1) is 36.5. The molecule has 48 heavy (non-hydrogen) atoms. The van der Waals surface area contributed by atoms with Gasteiger partial charge >= 0.3 is 0 Å². The van der Waals surface area contributed by atoms with Gasteiger partial charge in [0, 0.05) is 31.6 Å². The number of nitrogens with zero attached hydrogens (tertiary/aromatic N) is 2. The molecule has 8 nitrogen and oxygen atoms in total. The van der Waals surface area contributed by atoms with Gasteiger partial charge in [-0.1, -0.05) is 74.7 Å². The second-order valence-corrected chi connectivity index (χ2v) is 15.1. The largest absolute Gasteiger partial charge is 0.504 e. The van der Waals surface area contributed by atoms with Crippen molar-refractivity contribution in [1.82, 2.24) is 9.80 Å². The number of aliphatic hydroxyl groups is 2. The third kappa shape index (κ3) is 7.85. The number of halogens is 1. The molecule has 0 unspecified atom stereocenters.